The van der Waals surface area contributed by atoms with Gasteiger partial charge >= 0.3 is 12.1 Å². The minimum Gasteiger partial charge on any atom is -0.445 e. The first-order valence-corrected chi connectivity index (χ1v) is 7.70. The molecule has 0 saturated heterocycles. The molecule has 0 spiro atoms. The van der Waals surface area contributed by atoms with Crippen LogP contribution < -0.4 is 0 Å². The molecule has 0 aliphatic heterocycles. The normalized spacial score (nSPS) is 13.4. The zero-order valence-electron chi connectivity index (χ0n) is 14.0. The molecule has 0 aliphatic rings. The second-order valence-electron chi connectivity index (χ2n) is 5.72. The number of alkyl halides is 3. The monoisotopic (exact) mass is 338 g/mol. The van der Waals surface area contributed by atoms with Crippen molar-refractivity contribution in [2.24, 2.45) is 5.92 Å². The Balaban J connectivity index is 2.91. The van der Waals surface area contributed by atoms with E-state index in [0.29, 0.717) is 5.57 Å². The summed E-state index contributed by atoms with van der Waals surface area (Å²) in [5.74, 6) is 4.99. The molecule has 0 amide bonds. The van der Waals surface area contributed by atoms with Gasteiger partial charge in [-0.05, 0) is 43.2 Å². The lowest BCUT2D eigenvalue weighted by atomic mass is 9.99. The fourth-order valence-electron chi connectivity index (χ4n) is 2.07. The smallest absolute Gasteiger partial charge is 0.416 e. The third-order valence-corrected chi connectivity index (χ3v) is 3.37. The maximum atomic E-state index is 12.6. The van der Waals surface area contributed by atoms with E-state index in [4.69, 9.17) is 4.74 Å². The highest BCUT2D eigenvalue weighted by atomic mass is 19.4. The molecule has 0 bridgehead atoms. The Hall–Kier alpha value is -2.22. The molecule has 0 aromatic heterocycles. The highest BCUT2D eigenvalue weighted by Gasteiger charge is 2.30. The summed E-state index contributed by atoms with van der Waals surface area (Å²) in [5, 5.41) is 0. The van der Waals surface area contributed by atoms with Gasteiger partial charge < -0.3 is 4.74 Å². The van der Waals surface area contributed by atoms with Gasteiger partial charge in [-0.15, -0.1) is 0 Å². The Morgan fingerprint density at radius 2 is 1.88 bits per heavy atom. The lowest BCUT2D eigenvalue weighted by Gasteiger charge is -2.19. The average Bonchev–Trinajstić information content (AvgIpc) is 2.50. The summed E-state index contributed by atoms with van der Waals surface area (Å²) >= 11 is 0. The zero-order chi connectivity index (χ0) is 18.3. The van der Waals surface area contributed by atoms with Crippen LogP contribution in [0.15, 0.2) is 36.4 Å². The summed E-state index contributed by atoms with van der Waals surface area (Å²) in [6.07, 6.45) is -3.34. The molecule has 1 aromatic carbocycles. The fourth-order valence-corrected chi connectivity index (χ4v) is 2.07. The van der Waals surface area contributed by atoms with Crippen LogP contribution in [0.4, 0.5) is 13.2 Å². The number of ether oxygens (including phenoxy) is 1. The highest BCUT2D eigenvalue weighted by Crippen LogP contribution is 2.29. The molecule has 0 fully saturated rings. The number of hydrogen-bond acceptors (Lipinski definition) is 2. The predicted molar refractivity (Wildman–Crippen MR) is 87.3 cm³/mol. The quantitative estimate of drug-likeness (QED) is 0.542. The fraction of sp³-hybridized carbons (Fsp3) is 0.421. The number of carbonyl (C=O) groups excluding carboxylic acids is 1. The van der Waals surface area contributed by atoms with Gasteiger partial charge in [-0.3, -0.25) is 0 Å². The van der Waals surface area contributed by atoms with Crippen LogP contribution in [0, 0.1) is 17.8 Å². The lowest BCUT2D eigenvalue weighted by molar-refractivity contribution is -0.137. The molecule has 0 saturated carbocycles. The van der Waals surface area contributed by atoms with Crippen molar-refractivity contribution in [3.63, 3.8) is 0 Å². The summed E-state index contributed by atoms with van der Waals surface area (Å²) < 4.78 is 43.1. The maximum Gasteiger partial charge on any atom is 0.416 e. The largest absolute Gasteiger partial charge is 0.445 e. The third kappa shape index (κ3) is 6.11. The van der Waals surface area contributed by atoms with Crippen molar-refractivity contribution in [3.05, 3.63) is 47.5 Å². The first-order chi connectivity index (χ1) is 11.1. The number of esters is 1. The summed E-state index contributed by atoms with van der Waals surface area (Å²) in [6.45, 7) is 9.35. The summed E-state index contributed by atoms with van der Waals surface area (Å²) in [5.41, 5.74) is -0.0971. The first kappa shape index (κ1) is 19.8. The van der Waals surface area contributed by atoms with E-state index in [9.17, 15) is 18.0 Å². The molecule has 2 atom stereocenters. The van der Waals surface area contributed by atoms with Gasteiger partial charge in [0, 0.05) is 5.92 Å². The maximum absolute atomic E-state index is 12.6. The van der Waals surface area contributed by atoms with Crippen LogP contribution in [0.1, 0.15) is 49.5 Å². The molecule has 0 N–H and O–H groups in total. The van der Waals surface area contributed by atoms with Crippen LogP contribution in [0.2, 0.25) is 0 Å². The third-order valence-electron chi connectivity index (χ3n) is 3.37. The van der Waals surface area contributed by atoms with E-state index in [0.717, 1.165) is 37.1 Å². The minimum atomic E-state index is -4.44. The van der Waals surface area contributed by atoms with E-state index >= 15 is 0 Å². The molecular weight excluding hydrogens is 317 g/mol. The highest BCUT2D eigenvalue weighted by molar-refractivity contribution is 5.89. The minimum absolute atomic E-state index is 0.0141. The van der Waals surface area contributed by atoms with E-state index in [1.165, 1.54) is 0 Å². The Labute approximate surface area is 140 Å². The van der Waals surface area contributed by atoms with E-state index < -0.39 is 23.8 Å². The van der Waals surface area contributed by atoms with Crippen molar-refractivity contribution >= 4 is 5.97 Å². The van der Waals surface area contributed by atoms with Crippen LogP contribution in [0.5, 0.6) is 0 Å². The Bertz CT molecular complexity index is 633. The van der Waals surface area contributed by atoms with Crippen LogP contribution in [-0.2, 0) is 10.9 Å². The lowest BCUT2D eigenvalue weighted by Crippen LogP contribution is -2.24. The van der Waals surface area contributed by atoms with Crippen molar-refractivity contribution < 1.29 is 22.7 Å². The Morgan fingerprint density at radius 3 is 2.33 bits per heavy atom. The molecular formula is C19H21F3O2. The number of rotatable bonds is 5. The van der Waals surface area contributed by atoms with Gasteiger partial charge in [-0.25, -0.2) is 4.79 Å². The second kappa shape index (κ2) is 8.58. The molecule has 1 aromatic rings. The summed E-state index contributed by atoms with van der Waals surface area (Å²) in [6, 6.07) is 3.94. The van der Waals surface area contributed by atoms with Crippen LogP contribution >= 0.6 is 0 Å². The van der Waals surface area contributed by atoms with Crippen molar-refractivity contribution in [1.82, 2.24) is 0 Å². The van der Waals surface area contributed by atoms with E-state index in [-0.39, 0.29) is 11.5 Å². The average molecular weight is 338 g/mol. The molecule has 0 aliphatic carbocycles. The molecule has 24 heavy (non-hydrogen) atoms. The molecule has 1 rings (SSSR count). The number of halogens is 3. The van der Waals surface area contributed by atoms with Gasteiger partial charge in [0.25, 0.3) is 0 Å². The second-order valence-corrected chi connectivity index (χ2v) is 5.72. The molecule has 0 heterocycles. The van der Waals surface area contributed by atoms with E-state index in [1.54, 1.807) is 6.92 Å². The predicted octanol–water partition coefficient (Wildman–Crippen LogP) is 5.25. The number of benzene rings is 1. The molecule has 130 valence electrons. The standard InChI is InChI=1S/C19H21F3O2/c1-5-6-14(4)17(12-7-13(2)3)24-18(23)15-8-10-16(11-9-15)19(20,21)22/h8-11,14,17H,2,5-6H2,1,3-4H3. The van der Waals surface area contributed by atoms with Crippen LogP contribution in [0.25, 0.3) is 0 Å². The van der Waals surface area contributed by atoms with Crippen molar-refractivity contribution in [2.75, 3.05) is 0 Å². The first-order valence-electron chi connectivity index (χ1n) is 7.70. The Morgan fingerprint density at radius 1 is 1.29 bits per heavy atom. The van der Waals surface area contributed by atoms with Crippen molar-refractivity contribution in [2.45, 2.75) is 45.9 Å². The molecule has 5 heteroatoms. The van der Waals surface area contributed by atoms with Crippen molar-refractivity contribution in [3.8, 4) is 11.8 Å². The van der Waals surface area contributed by atoms with Gasteiger partial charge in [-0.2, -0.15) is 13.2 Å². The van der Waals surface area contributed by atoms with E-state index in [2.05, 4.69) is 18.4 Å². The Kier molecular flexibility index (Phi) is 7.09. The van der Waals surface area contributed by atoms with Gasteiger partial charge in [0.2, 0.25) is 0 Å². The number of hydrogen-bond donors (Lipinski definition) is 0. The van der Waals surface area contributed by atoms with Crippen molar-refractivity contribution in [1.29, 1.82) is 0 Å². The van der Waals surface area contributed by atoms with Crippen LogP contribution in [0.3, 0.4) is 0 Å². The molecule has 2 nitrogen and oxygen atoms in total. The zero-order valence-corrected chi connectivity index (χ0v) is 14.0. The van der Waals surface area contributed by atoms with Gasteiger partial charge in [0.1, 0.15) is 0 Å². The number of allylic oxidation sites excluding steroid dienone is 1. The van der Waals surface area contributed by atoms with Gasteiger partial charge in [0.05, 0.1) is 11.1 Å². The summed E-state index contributed by atoms with van der Waals surface area (Å²) in [7, 11) is 0. The SMILES string of the molecule is C=C(C)C#CC(OC(=O)c1ccc(C(F)(F)F)cc1)C(C)CCC. The van der Waals surface area contributed by atoms with Crippen LogP contribution in [-0.4, -0.2) is 12.1 Å². The number of carbonyl (C=O) groups is 1. The van der Waals surface area contributed by atoms with E-state index in [1.807, 2.05) is 13.8 Å². The topological polar surface area (TPSA) is 26.3 Å². The summed E-state index contributed by atoms with van der Waals surface area (Å²) in [4.78, 5) is 12.2. The van der Waals surface area contributed by atoms with Gasteiger partial charge in [0.15, 0.2) is 6.10 Å². The molecule has 0 radical (unpaired) electrons. The van der Waals surface area contributed by atoms with Gasteiger partial charge in [-0.1, -0.05) is 38.7 Å². The molecule has 2 unspecified atom stereocenters.